The maximum Gasteiger partial charge on any atom is 0.164 e. The average molecular weight is 219 g/mol. The molecule has 0 aliphatic heterocycles. The van der Waals surface area contributed by atoms with E-state index >= 15 is 0 Å². The van der Waals surface area contributed by atoms with Crippen molar-refractivity contribution in [3.8, 4) is 6.07 Å². The van der Waals surface area contributed by atoms with Crippen LogP contribution in [-0.2, 0) is 12.8 Å². The van der Waals surface area contributed by atoms with Crippen molar-refractivity contribution in [1.29, 1.82) is 5.26 Å². The van der Waals surface area contributed by atoms with E-state index in [4.69, 9.17) is 5.26 Å². The Morgan fingerprint density at radius 1 is 1.53 bits per heavy atom. The molecule has 0 amide bonds. The normalized spacial score (nSPS) is 10.1. The molecule has 0 spiro atoms. The molecule has 2 aromatic rings. The van der Waals surface area contributed by atoms with Gasteiger partial charge in [-0.3, -0.25) is 5.10 Å². The molecule has 5 nitrogen and oxygen atoms in total. The Bertz CT molecular complexity index is 493. The lowest BCUT2D eigenvalue weighted by Gasteiger charge is -1.88. The van der Waals surface area contributed by atoms with E-state index in [0.29, 0.717) is 12.2 Å². The summed E-state index contributed by atoms with van der Waals surface area (Å²) in [6.07, 6.45) is 0.893. The lowest BCUT2D eigenvalue weighted by molar-refractivity contribution is 0.953. The van der Waals surface area contributed by atoms with Crippen LogP contribution in [0.1, 0.15) is 22.4 Å². The summed E-state index contributed by atoms with van der Waals surface area (Å²) in [5.74, 6) is 1.30. The molecule has 0 saturated carbocycles. The smallest absolute Gasteiger partial charge is 0.164 e. The van der Waals surface area contributed by atoms with Gasteiger partial charge in [0.1, 0.15) is 10.8 Å². The highest BCUT2D eigenvalue weighted by atomic mass is 32.1. The topological polar surface area (TPSA) is 78.2 Å². The first kappa shape index (κ1) is 9.80. The van der Waals surface area contributed by atoms with Gasteiger partial charge in [0.05, 0.1) is 18.9 Å². The number of nitriles is 1. The van der Waals surface area contributed by atoms with Crippen LogP contribution in [0.15, 0.2) is 5.38 Å². The molecular weight excluding hydrogens is 210 g/mol. The number of hydrogen-bond acceptors (Lipinski definition) is 5. The second-order valence-corrected chi connectivity index (χ2v) is 4.04. The predicted octanol–water partition coefficient (Wildman–Crippen LogP) is 1.23. The van der Waals surface area contributed by atoms with Crippen LogP contribution in [0.3, 0.4) is 0 Å². The van der Waals surface area contributed by atoms with E-state index in [1.54, 1.807) is 11.3 Å². The summed E-state index contributed by atoms with van der Waals surface area (Å²) in [4.78, 5) is 8.51. The van der Waals surface area contributed by atoms with Gasteiger partial charge < -0.3 is 0 Å². The van der Waals surface area contributed by atoms with E-state index in [1.807, 2.05) is 18.4 Å². The van der Waals surface area contributed by atoms with Gasteiger partial charge >= 0.3 is 0 Å². The van der Waals surface area contributed by atoms with Crippen LogP contribution in [0.25, 0.3) is 0 Å². The molecule has 76 valence electrons. The first-order chi connectivity index (χ1) is 7.28. The van der Waals surface area contributed by atoms with Crippen LogP contribution in [-0.4, -0.2) is 20.2 Å². The van der Waals surface area contributed by atoms with E-state index in [9.17, 15) is 0 Å². The lowest BCUT2D eigenvalue weighted by Crippen LogP contribution is -1.90. The van der Waals surface area contributed by atoms with Gasteiger partial charge in [-0.2, -0.15) is 10.4 Å². The van der Waals surface area contributed by atoms with Gasteiger partial charge in [0.25, 0.3) is 0 Å². The Labute approximate surface area is 90.8 Å². The number of nitrogens with zero attached hydrogens (tertiary/aromatic N) is 4. The molecule has 0 atom stereocenters. The molecule has 2 heterocycles. The fraction of sp³-hybridized carbons (Fsp3) is 0.333. The molecular formula is C9H9N5S. The Hall–Kier alpha value is -1.74. The first-order valence-corrected chi connectivity index (χ1v) is 5.34. The summed E-state index contributed by atoms with van der Waals surface area (Å²) in [7, 11) is 0. The lowest BCUT2D eigenvalue weighted by atomic mass is 10.4. The third-order valence-electron chi connectivity index (χ3n) is 1.80. The van der Waals surface area contributed by atoms with Crippen LogP contribution in [0.5, 0.6) is 0 Å². The van der Waals surface area contributed by atoms with Gasteiger partial charge in [0.2, 0.25) is 0 Å². The van der Waals surface area contributed by atoms with Crippen molar-refractivity contribution < 1.29 is 0 Å². The van der Waals surface area contributed by atoms with Gasteiger partial charge in [-0.1, -0.05) is 0 Å². The molecule has 0 bridgehead atoms. The third kappa shape index (κ3) is 2.39. The number of aryl methyl sites for hydroxylation is 1. The third-order valence-corrected chi connectivity index (χ3v) is 2.77. The second kappa shape index (κ2) is 4.19. The monoisotopic (exact) mass is 219 g/mol. The minimum atomic E-state index is 0.243. The van der Waals surface area contributed by atoms with Gasteiger partial charge in [-0.25, -0.2) is 9.97 Å². The molecule has 0 unspecified atom stereocenters. The van der Waals surface area contributed by atoms with E-state index in [2.05, 4.69) is 20.2 Å². The van der Waals surface area contributed by atoms with Gasteiger partial charge in [0, 0.05) is 11.1 Å². The van der Waals surface area contributed by atoms with Crippen molar-refractivity contribution in [2.45, 2.75) is 19.8 Å². The van der Waals surface area contributed by atoms with E-state index < -0.39 is 0 Å². The largest absolute Gasteiger partial charge is 0.263 e. The Kier molecular flexibility index (Phi) is 2.74. The zero-order valence-electron chi connectivity index (χ0n) is 8.19. The van der Waals surface area contributed by atoms with Gasteiger partial charge in [0.15, 0.2) is 5.82 Å². The van der Waals surface area contributed by atoms with Crippen molar-refractivity contribution in [2.24, 2.45) is 0 Å². The molecule has 2 aromatic heterocycles. The zero-order chi connectivity index (χ0) is 10.7. The molecule has 2 rings (SSSR count). The van der Waals surface area contributed by atoms with Gasteiger partial charge in [-0.15, -0.1) is 11.3 Å². The maximum absolute atomic E-state index is 8.47. The van der Waals surface area contributed by atoms with Crippen molar-refractivity contribution >= 4 is 11.3 Å². The van der Waals surface area contributed by atoms with E-state index in [1.165, 1.54) is 0 Å². The molecule has 0 aromatic carbocycles. The van der Waals surface area contributed by atoms with Gasteiger partial charge in [-0.05, 0) is 6.92 Å². The highest BCUT2D eigenvalue weighted by molar-refractivity contribution is 7.09. The highest BCUT2D eigenvalue weighted by Crippen LogP contribution is 2.11. The first-order valence-electron chi connectivity index (χ1n) is 4.46. The molecule has 15 heavy (non-hydrogen) atoms. The molecule has 1 N–H and O–H groups in total. The number of aromatic nitrogens is 4. The summed E-state index contributed by atoms with van der Waals surface area (Å²) in [5, 5.41) is 18.2. The Balaban J connectivity index is 2.08. The number of hydrogen-bond donors (Lipinski definition) is 1. The van der Waals surface area contributed by atoms with Crippen molar-refractivity contribution in [1.82, 2.24) is 20.2 Å². The molecule has 0 aliphatic carbocycles. The summed E-state index contributed by atoms with van der Waals surface area (Å²) in [6, 6.07) is 2.01. The Morgan fingerprint density at radius 3 is 3.07 bits per heavy atom. The fourth-order valence-corrected chi connectivity index (χ4v) is 1.97. The second-order valence-electron chi connectivity index (χ2n) is 3.09. The molecule has 0 saturated heterocycles. The van der Waals surface area contributed by atoms with Crippen molar-refractivity contribution in [2.75, 3.05) is 0 Å². The average Bonchev–Trinajstić information content (AvgIpc) is 2.78. The van der Waals surface area contributed by atoms with Crippen LogP contribution in [0.2, 0.25) is 0 Å². The number of thiazole rings is 1. The quantitative estimate of drug-likeness (QED) is 0.842. The summed E-state index contributed by atoms with van der Waals surface area (Å²) >= 11 is 1.60. The molecule has 6 heteroatoms. The fourth-order valence-electron chi connectivity index (χ4n) is 1.19. The summed E-state index contributed by atoms with van der Waals surface area (Å²) in [6.45, 7) is 1.96. The van der Waals surface area contributed by atoms with Crippen molar-refractivity contribution in [3.63, 3.8) is 0 Å². The standard InChI is InChI=1S/C9H9N5S/c1-6-5-15-9(11-6)4-8-12-7(2-3-10)13-14-8/h5H,2,4H2,1H3,(H,12,13,14). The van der Waals surface area contributed by atoms with Crippen molar-refractivity contribution in [3.05, 3.63) is 27.7 Å². The summed E-state index contributed by atoms with van der Waals surface area (Å²) < 4.78 is 0. The maximum atomic E-state index is 8.47. The van der Waals surface area contributed by atoms with E-state index in [0.717, 1.165) is 16.5 Å². The number of H-pyrrole nitrogens is 1. The van der Waals surface area contributed by atoms with Crippen LogP contribution in [0.4, 0.5) is 0 Å². The van der Waals surface area contributed by atoms with E-state index in [-0.39, 0.29) is 6.42 Å². The summed E-state index contributed by atoms with van der Waals surface area (Å²) in [5.41, 5.74) is 1.02. The predicted molar refractivity (Wildman–Crippen MR) is 55.4 cm³/mol. The number of aromatic amines is 1. The molecule has 0 aliphatic rings. The Morgan fingerprint density at radius 2 is 2.40 bits per heavy atom. The highest BCUT2D eigenvalue weighted by Gasteiger charge is 2.05. The number of nitrogens with one attached hydrogen (secondary N) is 1. The van der Waals surface area contributed by atoms with Crippen LogP contribution in [0, 0.1) is 18.3 Å². The molecule has 0 fully saturated rings. The molecule has 0 radical (unpaired) electrons. The zero-order valence-corrected chi connectivity index (χ0v) is 9.01. The van der Waals surface area contributed by atoms with Crippen LogP contribution >= 0.6 is 11.3 Å². The minimum Gasteiger partial charge on any atom is -0.263 e. The SMILES string of the molecule is Cc1csc(Cc2nc(CC#N)n[nH]2)n1. The number of rotatable bonds is 3. The van der Waals surface area contributed by atoms with Crippen LogP contribution < -0.4 is 0 Å². The minimum absolute atomic E-state index is 0.243.